The second-order valence-corrected chi connectivity index (χ2v) is 5.95. The molecule has 6 heteroatoms. The summed E-state index contributed by atoms with van der Waals surface area (Å²) < 4.78 is 5.77. The second-order valence-electron chi connectivity index (χ2n) is 5.05. The van der Waals surface area contributed by atoms with Crippen LogP contribution in [0.15, 0.2) is 30.5 Å². The molecular formula is C19H18N2O3S. The van der Waals surface area contributed by atoms with Gasteiger partial charge < -0.3 is 15.2 Å². The summed E-state index contributed by atoms with van der Waals surface area (Å²) in [6.07, 6.45) is 8.79. The molecule has 1 aromatic carbocycles. The highest BCUT2D eigenvalue weighted by Crippen LogP contribution is 2.23. The first kappa shape index (κ1) is 18.7. The number of pyridine rings is 1. The number of aliphatic hydroxyl groups is 1. The third kappa shape index (κ3) is 4.90. The minimum absolute atomic E-state index is 0.260. The Morgan fingerprint density at radius 3 is 2.92 bits per heavy atom. The first-order valence-electron chi connectivity index (χ1n) is 7.50. The Labute approximate surface area is 151 Å². The normalized spacial score (nSPS) is 12.4. The van der Waals surface area contributed by atoms with Crippen molar-refractivity contribution in [1.82, 2.24) is 10.3 Å². The van der Waals surface area contributed by atoms with Gasteiger partial charge in [-0.2, -0.15) is 0 Å². The van der Waals surface area contributed by atoms with Gasteiger partial charge in [0.2, 0.25) is 5.44 Å². The lowest BCUT2D eigenvalue weighted by atomic mass is 10.1. The standard InChI is InChI=1S/C19H18N2O3S/c1-4-6-15(12-22)21-18(23)19(25-3)24-16-7-8-17-14(10-16)9-13(5-2)11-20-17/h2,7-11,15,19,22H,12H2,1,3H3,(H,21,23). The molecule has 2 N–H and O–H groups in total. The lowest BCUT2D eigenvalue weighted by Gasteiger charge is -2.19. The quantitative estimate of drug-likeness (QED) is 0.611. The van der Waals surface area contributed by atoms with Gasteiger partial charge in [0.05, 0.1) is 12.1 Å². The van der Waals surface area contributed by atoms with Crippen molar-refractivity contribution in [3.8, 4) is 29.9 Å². The predicted octanol–water partition coefficient (Wildman–Crippen LogP) is 1.78. The van der Waals surface area contributed by atoms with Gasteiger partial charge in [0, 0.05) is 17.1 Å². The number of rotatable bonds is 6. The molecule has 0 aliphatic rings. The maximum Gasteiger partial charge on any atom is 0.272 e. The minimum atomic E-state index is -0.770. The maximum absolute atomic E-state index is 12.3. The van der Waals surface area contributed by atoms with E-state index in [1.54, 1.807) is 37.6 Å². The van der Waals surface area contributed by atoms with Crippen molar-refractivity contribution >= 4 is 28.6 Å². The van der Waals surface area contributed by atoms with Crippen molar-refractivity contribution in [2.24, 2.45) is 0 Å². The Balaban J connectivity index is 2.17. The smallest absolute Gasteiger partial charge is 0.272 e. The summed E-state index contributed by atoms with van der Waals surface area (Å²) in [5.74, 6) is 8.10. The molecule has 1 aromatic heterocycles. The third-order valence-corrected chi connectivity index (χ3v) is 4.05. The zero-order chi connectivity index (χ0) is 18.2. The molecule has 2 atom stereocenters. The van der Waals surface area contributed by atoms with E-state index in [0.29, 0.717) is 11.3 Å². The Morgan fingerprint density at radius 2 is 2.28 bits per heavy atom. The number of hydrogen-bond acceptors (Lipinski definition) is 5. The van der Waals surface area contributed by atoms with Crippen LogP contribution < -0.4 is 10.1 Å². The van der Waals surface area contributed by atoms with Gasteiger partial charge in [-0.05, 0) is 37.4 Å². The van der Waals surface area contributed by atoms with Gasteiger partial charge in [0.25, 0.3) is 5.91 Å². The molecular weight excluding hydrogens is 336 g/mol. The highest BCUT2D eigenvalue weighted by molar-refractivity contribution is 7.99. The summed E-state index contributed by atoms with van der Waals surface area (Å²) in [7, 11) is 0. The molecule has 0 aliphatic carbocycles. The average Bonchev–Trinajstić information content (AvgIpc) is 2.64. The van der Waals surface area contributed by atoms with Gasteiger partial charge in [-0.25, -0.2) is 0 Å². The number of carbonyl (C=O) groups is 1. The van der Waals surface area contributed by atoms with Crippen LogP contribution in [0.5, 0.6) is 5.75 Å². The van der Waals surface area contributed by atoms with Crippen molar-refractivity contribution in [1.29, 1.82) is 0 Å². The van der Waals surface area contributed by atoms with Gasteiger partial charge >= 0.3 is 0 Å². The third-order valence-electron chi connectivity index (χ3n) is 3.31. The molecule has 2 unspecified atom stereocenters. The van der Waals surface area contributed by atoms with Crippen LogP contribution >= 0.6 is 11.8 Å². The number of nitrogens with one attached hydrogen (secondary N) is 1. The van der Waals surface area contributed by atoms with E-state index >= 15 is 0 Å². The number of nitrogens with zero attached hydrogens (tertiary/aromatic N) is 1. The summed E-state index contributed by atoms with van der Waals surface area (Å²) in [4.78, 5) is 16.6. The van der Waals surface area contributed by atoms with E-state index in [4.69, 9.17) is 11.2 Å². The highest BCUT2D eigenvalue weighted by Gasteiger charge is 2.21. The molecule has 0 spiro atoms. The number of aromatic nitrogens is 1. The topological polar surface area (TPSA) is 71.5 Å². The van der Waals surface area contributed by atoms with Gasteiger partial charge in [-0.15, -0.1) is 24.1 Å². The lowest BCUT2D eigenvalue weighted by Crippen LogP contribution is -2.43. The zero-order valence-electron chi connectivity index (χ0n) is 13.9. The van der Waals surface area contributed by atoms with Crippen LogP contribution in [-0.4, -0.2) is 40.3 Å². The van der Waals surface area contributed by atoms with Crippen LogP contribution in [0, 0.1) is 24.2 Å². The Morgan fingerprint density at radius 1 is 1.48 bits per heavy atom. The number of terminal acetylenes is 1. The molecule has 0 saturated heterocycles. The van der Waals surface area contributed by atoms with E-state index in [0.717, 1.165) is 10.9 Å². The lowest BCUT2D eigenvalue weighted by molar-refractivity contribution is -0.125. The van der Waals surface area contributed by atoms with Gasteiger partial charge in [0.1, 0.15) is 11.8 Å². The van der Waals surface area contributed by atoms with Crippen molar-refractivity contribution < 1.29 is 14.6 Å². The summed E-state index contributed by atoms with van der Waals surface area (Å²) in [5.41, 5.74) is 0.691. The molecule has 0 aliphatic heterocycles. The van der Waals surface area contributed by atoms with Gasteiger partial charge in [-0.1, -0.05) is 11.8 Å². The summed E-state index contributed by atoms with van der Waals surface area (Å²) in [6.45, 7) is 1.38. The fourth-order valence-corrected chi connectivity index (χ4v) is 2.62. The van der Waals surface area contributed by atoms with Crippen molar-refractivity contribution in [3.63, 3.8) is 0 Å². The number of hydrogen-bond donors (Lipinski definition) is 2. The summed E-state index contributed by atoms with van der Waals surface area (Å²) in [5, 5.41) is 12.7. The molecule has 25 heavy (non-hydrogen) atoms. The number of benzene rings is 1. The molecule has 2 rings (SSSR count). The van der Waals surface area contributed by atoms with E-state index < -0.39 is 11.5 Å². The van der Waals surface area contributed by atoms with Crippen LogP contribution in [0.1, 0.15) is 12.5 Å². The molecule has 0 saturated carbocycles. The molecule has 0 bridgehead atoms. The SMILES string of the molecule is C#Cc1cnc2ccc(OC(SC)C(=O)NC(C#CC)CO)cc2c1. The number of amides is 1. The second kappa shape index (κ2) is 8.98. The van der Waals surface area contributed by atoms with Crippen molar-refractivity contribution in [2.45, 2.75) is 18.4 Å². The van der Waals surface area contributed by atoms with E-state index in [2.05, 4.69) is 28.1 Å². The fourth-order valence-electron chi connectivity index (χ4n) is 2.14. The van der Waals surface area contributed by atoms with Crippen molar-refractivity contribution in [2.75, 3.05) is 12.9 Å². The Kier molecular flexibility index (Phi) is 6.71. The average molecular weight is 354 g/mol. The first-order chi connectivity index (χ1) is 12.1. The number of ether oxygens (including phenoxy) is 1. The Hall–Kier alpha value is -2.67. The largest absolute Gasteiger partial charge is 0.470 e. The fraction of sp³-hybridized carbons (Fsp3) is 0.263. The van der Waals surface area contributed by atoms with E-state index in [9.17, 15) is 9.90 Å². The molecule has 0 radical (unpaired) electrons. The predicted molar refractivity (Wildman–Crippen MR) is 100 cm³/mol. The number of thioether (sulfide) groups is 1. The monoisotopic (exact) mass is 354 g/mol. The molecule has 128 valence electrons. The maximum atomic E-state index is 12.3. The Bertz CT molecular complexity index is 864. The zero-order valence-corrected chi connectivity index (χ0v) is 14.8. The molecule has 0 fully saturated rings. The molecule has 2 aromatic rings. The van der Waals surface area contributed by atoms with Crippen LogP contribution in [-0.2, 0) is 4.79 Å². The highest BCUT2D eigenvalue weighted by atomic mass is 32.2. The van der Waals surface area contributed by atoms with E-state index in [-0.39, 0.29) is 12.5 Å². The van der Waals surface area contributed by atoms with Gasteiger partial charge in [-0.3, -0.25) is 9.78 Å². The van der Waals surface area contributed by atoms with Gasteiger partial charge in [0.15, 0.2) is 0 Å². The number of carbonyl (C=O) groups excluding carboxylic acids is 1. The van der Waals surface area contributed by atoms with Crippen LogP contribution in [0.2, 0.25) is 0 Å². The minimum Gasteiger partial charge on any atom is -0.470 e. The van der Waals surface area contributed by atoms with Crippen LogP contribution in [0.25, 0.3) is 10.9 Å². The molecule has 5 nitrogen and oxygen atoms in total. The number of aliphatic hydroxyl groups excluding tert-OH is 1. The number of fused-ring (bicyclic) bond motifs is 1. The van der Waals surface area contributed by atoms with E-state index in [1.165, 1.54) is 11.8 Å². The van der Waals surface area contributed by atoms with Crippen molar-refractivity contribution in [3.05, 3.63) is 36.0 Å². The van der Waals surface area contributed by atoms with Crippen LogP contribution in [0.3, 0.4) is 0 Å². The van der Waals surface area contributed by atoms with E-state index in [1.807, 2.05) is 6.07 Å². The van der Waals surface area contributed by atoms with Crippen LogP contribution in [0.4, 0.5) is 0 Å². The molecule has 1 heterocycles. The summed E-state index contributed by atoms with van der Waals surface area (Å²) in [6, 6.07) is 6.56. The first-order valence-corrected chi connectivity index (χ1v) is 8.79. The molecule has 1 amide bonds. The summed E-state index contributed by atoms with van der Waals surface area (Å²) >= 11 is 1.24.